The molecule has 120 valence electrons. The number of alkyl halides is 3. The second-order valence-electron chi connectivity index (χ2n) is 6.04. The maximum atomic E-state index is 12.6. The summed E-state index contributed by atoms with van der Waals surface area (Å²) in [6, 6.07) is -0.00775. The zero-order valence-electron chi connectivity index (χ0n) is 12.3. The predicted molar refractivity (Wildman–Crippen MR) is 78.3 cm³/mol. The third-order valence-corrected chi connectivity index (χ3v) is 5.45. The summed E-state index contributed by atoms with van der Waals surface area (Å²) in [6.45, 7) is 3.89. The number of nitrogens with one attached hydrogen (secondary N) is 1. The second kappa shape index (κ2) is 6.18. The molecule has 0 aromatic rings. The van der Waals surface area contributed by atoms with Gasteiger partial charge in [-0.25, -0.2) is 0 Å². The summed E-state index contributed by atoms with van der Waals surface area (Å²) < 4.78 is 37.3. The van der Waals surface area contributed by atoms with Gasteiger partial charge in [0.2, 0.25) is 0 Å². The van der Waals surface area contributed by atoms with Gasteiger partial charge in [0, 0.05) is 6.04 Å². The van der Waals surface area contributed by atoms with E-state index in [-0.39, 0.29) is 24.8 Å². The van der Waals surface area contributed by atoms with E-state index in [1.807, 2.05) is 13.8 Å². The molecular weight excluding hydrogens is 301 g/mol. The van der Waals surface area contributed by atoms with E-state index in [2.05, 4.69) is 10.3 Å². The summed E-state index contributed by atoms with van der Waals surface area (Å²) in [4.78, 5) is 16.0. The molecule has 0 aromatic carbocycles. The molecule has 0 radical (unpaired) electrons. The number of hydrogen-bond donors (Lipinski definition) is 1. The van der Waals surface area contributed by atoms with Crippen molar-refractivity contribution in [2.45, 2.75) is 69.3 Å². The first-order valence-corrected chi connectivity index (χ1v) is 8.21. The normalized spacial score (nSPS) is 34.0. The number of thioether (sulfide) groups is 1. The fraction of sp³-hybridized carbons (Fsp3) is 0.857. The lowest BCUT2D eigenvalue weighted by atomic mass is 9.86. The topological polar surface area (TPSA) is 41.5 Å². The number of rotatable bonds is 3. The summed E-state index contributed by atoms with van der Waals surface area (Å²) >= 11 is 1.41. The Morgan fingerprint density at radius 3 is 2.48 bits per heavy atom. The van der Waals surface area contributed by atoms with E-state index in [9.17, 15) is 18.0 Å². The van der Waals surface area contributed by atoms with Gasteiger partial charge >= 0.3 is 6.18 Å². The third-order valence-electron chi connectivity index (χ3n) is 4.22. The molecule has 21 heavy (non-hydrogen) atoms. The fourth-order valence-electron chi connectivity index (χ4n) is 2.93. The summed E-state index contributed by atoms with van der Waals surface area (Å²) in [5.41, 5.74) is 0. The van der Waals surface area contributed by atoms with Crippen molar-refractivity contribution in [3.63, 3.8) is 0 Å². The number of hydrogen-bond acceptors (Lipinski definition) is 3. The molecule has 1 aliphatic heterocycles. The van der Waals surface area contributed by atoms with Gasteiger partial charge in [0.15, 0.2) is 5.17 Å². The number of amides is 1. The second-order valence-corrected chi connectivity index (χ2v) is 7.53. The third kappa shape index (κ3) is 3.93. The number of carbonyl (C=O) groups is 1. The number of carbonyl (C=O) groups excluding carboxylic acids is 1. The standard InChI is InChI=1S/C14H21F3N2OS/c1-3-8-13(2)11(20)19-12(21-13)18-10-6-4-9(5-7-10)14(15,16)17/h9-10H,3-8H2,1-2H3,(H,18,19,20)/t9?,10?,13-/m0/s1. The Hall–Kier alpha value is -0.720. The molecule has 1 atom stereocenters. The lowest BCUT2D eigenvalue weighted by Gasteiger charge is -2.30. The zero-order valence-corrected chi connectivity index (χ0v) is 13.1. The smallest absolute Gasteiger partial charge is 0.362 e. The van der Waals surface area contributed by atoms with Crippen LogP contribution in [0.4, 0.5) is 13.2 Å². The maximum Gasteiger partial charge on any atom is 0.391 e. The van der Waals surface area contributed by atoms with E-state index in [0.717, 1.165) is 12.8 Å². The van der Waals surface area contributed by atoms with Crippen molar-refractivity contribution >= 4 is 22.8 Å². The molecule has 2 aliphatic rings. The Morgan fingerprint density at radius 2 is 1.95 bits per heavy atom. The van der Waals surface area contributed by atoms with Crippen LogP contribution in [0.3, 0.4) is 0 Å². The van der Waals surface area contributed by atoms with E-state index in [0.29, 0.717) is 18.0 Å². The molecule has 2 rings (SSSR count). The molecule has 3 nitrogen and oxygen atoms in total. The maximum absolute atomic E-state index is 12.6. The summed E-state index contributed by atoms with van der Waals surface area (Å²) in [5.74, 6) is -1.32. The molecule has 1 saturated carbocycles. The Balaban J connectivity index is 1.85. The van der Waals surface area contributed by atoms with Crippen molar-refractivity contribution in [3.05, 3.63) is 0 Å². The molecule has 0 saturated heterocycles. The Morgan fingerprint density at radius 1 is 1.33 bits per heavy atom. The number of aliphatic imine (C=N–C) groups is 1. The first-order valence-electron chi connectivity index (χ1n) is 7.40. The van der Waals surface area contributed by atoms with Crippen LogP contribution >= 0.6 is 11.8 Å². The fourth-order valence-corrected chi connectivity index (χ4v) is 4.15. The van der Waals surface area contributed by atoms with E-state index < -0.39 is 16.8 Å². The number of amidine groups is 1. The minimum Gasteiger partial charge on any atom is -0.362 e. The zero-order chi connectivity index (χ0) is 15.7. The van der Waals surface area contributed by atoms with Crippen LogP contribution in [0.2, 0.25) is 0 Å². The van der Waals surface area contributed by atoms with Gasteiger partial charge in [0.1, 0.15) is 4.75 Å². The molecule has 1 N–H and O–H groups in total. The molecule has 1 heterocycles. The van der Waals surface area contributed by atoms with Crippen LogP contribution in [0.25, 0.3) is 0 Å². The van der Waals surface area contributed by atoms with Crippen LogP contribution in [-0.2, 0) is 4.79 Å². The number of halogens is 3. The molecule has 0 bridgehead atoms. The quantitative estimate of drug-likeness (QED) is 0.857. The van der Waals surface area contributed by atoms with Crippen molar-refractivity contribution in [1.29, 1.82) is 0 Å². The molecule has 0 spiro atoms. The minimum absolute atomic E-state index is 0.00775. The van der Waals surface area contributed by atoms with Gasteiger partial charge in [-0.15, -0.1) is 0 Å². The molecule has 1 fully saturated rings. The SMILES string of the molecule is CCC[C@]1(C)SC(NC2CCC(C(F)(F)F)CC2)=NC1=O. The Labute approximate surface area is 127 Å². The Kier molecular flexibility index (Phi) is 4.90. The van der Waals surface area contributed by atoms with Gasteiger partial charge in [-0.1, -0.05) is 25.1 Å². The van der Waals surface area contributed by atoms with Gasteiger partial charge in [-0.2, -0.15) is 18.2 Å². The molecule has 0 aromatic heterocycles. The Bertz CT molecular complexity index is 430. The van der Waals surface area contributed by atoms with Crippen LogP contribution < -0.4 is 5.32 Å². The van der Waals surface area contributed by atoms with Crippen LogP contribution in [0, 0.1) is 5.92 Å². The number of nitrogens with zero attached hydrogens (tertiary/aromatic N) is 1. The van der Waals surface area contributed by atoms with Crippen molar-refractivity contribution < 1.29 is 18.0 Å². The highest BCUT2D eigenvalue weighted by Crippen LogP contribution is 2.39. The first kappa shape index (κ1) is 16.6. The van der Waals surface area contributed by atoms with E-state index in [1.54, 1.807) is 0 Å². The van der Waals surface area contributed by atoms with E-state index in [1.165, 1.54) is 11.8 Å². The van der Waals surface area contributed by atoms with E-state index in [4.69, 9.17) is 0 Å². The van der Waals surface area contributed by atoms with Crippen molar-refractivity contribution in [1.82, 2.24) is 5.32 Å². The van der Waals surface area contributed by atoms with Gasteiger partial charge in [-0.05, 0) is 39.0 Å². The van der Waals surface area contributed by atoms with Crippen LogP contribution in [0.5, 0.6) is 0 Å². The van der Waals surface area contributed by atoms with Crippen molar-refractivity contribution in [2.24, 2.45) is 10.9 Å². The van der Waals surface area contributed by atoms with Gasteiger partial charge < -0.3 is 5.32 Å². The monoisotopic (exact) mass is 322 g/mol. The lowest BCUT2D eigenvalue weighted by molar-refractivity contribution is -0.182. The lowest BCUT2D eigenvalue weighted by Crippen LogP contribution is -2.39. The van der Waals surface area contributed by atoms with Crippen LogP contribution in [0.15, 0.2) is 4.99 Å². The minimum atomic E-state index is -4.08. The van der Waals surface area contributed by atoms with Gasteiger partial charge in [0.25, 0.3) is 5.91 Å². The van der Waals surface area contributed by atoms with Gasteiger partial charge in [0.05, 0.1) is 5.92 Å². The summed E-state index contributed by atoms with van der Waals surface area (Å²) in [7, 11) is 0. The molecule has 7 heteroatoms. The van der Waals surface area contributed by atoms with Crippen LogP contribution in [-0.4, -0.2) is 28.0 Å². The van der Waals surface area contributed by atoms with E-state index >= 15 is 0 Å². The molecular formula is C14H21F3N2OS. The first-order chi connectivity index (χ1) is 9.74. The highest BCUT2D eigenvalue weighted by Gasteiger charge is 2.43. The largest absolute Gasteiger partial charge is 0.391 e. The van der Waals surface area contributed by atoms with Crippen molar-refractivity contribution in [3.8, 4) is 0 Å². The average Bonchev–Trinajstić information content (AvgIpc) is 2.64. The van der Waals surface area contributed by atoms with Crippen molar-refractivity contribution in [2.75, 3.05) is 0 Å². The highest BCUT2D eigenvalue weighted by molar-refractivity contribution is 8.16. The summed E-state index contributed by atoms with van der Waals surface area (Å²) in [6.07, 6.45) is -1.18. The molecule has 1 aliphatic carbocycles. The molecule has 0 unspecified atom stereocenters. The predicted octanol–water partition coefficient (Wildman–Crippen LogP) is 3.89. The van der Waals surface area contributed by atoms with Gasteiger partial charge in [-0.3, -0.25) is 4.79 Å². The summed E-state index contributed by atoms with van der Waals surface area (Å²) in [5, 5.41) is 3.73. The molecule has 1 amide bonds. The van der Waals surface area contributed by atoms with Crippen LogP contribution in [0.1, 0.15) is 52.4 Å². The highest BCUT2D eigenvalue weighted by atomic mass is 32.2. The average molecular weight is 322 g/mol.